The molecule has 0 bridgehead atoms. The number of hydrogen-bond acceptors (Lipinski definition) is 5. The molecule has 0 saturated heterocycles. The second kappa shape index (κ2) is 12.1. The summed E-state index contributed by atoms with van der Waals surface area (Å²) < 4.78 is 10.4. The van der Waals surface area contributed by atoms with Crippen molar-refractivity contribution in [2.75, 3.05) is 40.5 Å². The Bertz CT molecular complexity index is 254. The highest BCUT2D eigenvalue weighted by atomic mass is 16.7. The first-order valence-corrected chi connectivity index (χ1v) is 6.74. The van der Waals surface area contributed by atoms with Crippen LogP contribution >= 0.6 is 0 Å². The number of esters is 1. The van der Waals surface area contributed by atoms with Crippen molar-refractivity contribution in [1.82, 2.24) is 5.06 Å². The molecule has 0 amide bonds. The first-order chi connectivity index (χ1) is 9.04. The zero-order chi connectivity index (χ0) is 14.5. The molecule has 0 atom stereocenters. The summed E-state index contributed by atoms with van der Waals surface area (Å²) in [5.41, 5.74) is 0.441. The predicted molar refractivity (Wildman–Crippen MR) is 74.7 cm³/mol. The third kappa shape index (κ3) is 13.3. The number of carbonyl (C=O) groups is 1. The first-order valence-electron chi connectivity index (χ1n) is 6.74. The Morgan fingerprint density at radius 3 is 2.05 bits per heavy atom. The summed E-state index contributed by atoms with van der Waals surface area (Å²) >= 11 is 0. The topological polar surface area (TPSA) is 48.0 Å². The standard InChI is InChI=1S/C14H27NO4/c1-13(2)14(16)18-11-7-5-9-17-10-6-8-12-19-15(3)4/h1,5-12H2,2-4H3. The number of nitrogens with zero attached hydrogens (tertiary/aromatic N) is 1. The lowest BCUT2D eigenvalue weighted by atomic mass is 10.3. The second-order valence-electron chi connectivity index (χ2n) is 4.59. The van der Waals surface area contributed by atoms with Crippen molar-refractivity contribution in [1.29, 1.82) is 0 Å². The molecule has 0 aromatic carbocycles. The number of rotatable bonds is 12. The second-order valence-corrected chi connectivity index (χ2v) is 4.59. The Kier molecular flexibility index (Phi) is 11.6. The van der Waals surface area contributed by atoms with Gasteiger partial charge >= 0.3 is 5.97 Å². The summed E-state index contributed by atoms with van der Waals surface area (Å²) in [5, 5.41) is 1.70. The van der Waals surface area contributed by atoms with Crippen LogP contribution in [0.2, 0.25) is 0 Å². The van der Waals surface area contributed by atoms with Gasteiger partial charge in [0.1, 0.15) is 0 Å². The molecular formula is C14H27NO4. The van der Waals surface area contributed by atoms with Crippen LogP contribution in [0.3, 0.4) is 0 Å². The van der Waals surface area contributed by atoms with Gasteiger partial charge in [0.15, 0.2) is 0 Å². The Labute approximate surface area is 116 Å². The average Bonchev–Trinajstić information content (AvgIpc) is 2.35. The van der Waals surface area contributed by atoms with Gasteiger partial charge in [-0.05, 0) is 32.6 Å². The Hall–Kier alpha value is -0.910. The summed E-state index contributed by atoms with van der Waals surface area (Å²) in [4.78, 5) is 16.3. The Morgan fingerprint density at radius 1 is 1.00 bits per heavy atom. The van der Waals surface area contributed by atoms with E-state index in [0.29, 0.717) is 18.8 Å². The van der Waals surface area contributed by atoms with Gasteiger partial charge in [-0.25, -0.2) is 4.79 Å². The highest BCUT2D eigenvalue weighted by molar-refractivity contribution is 5.86. The molecule has 19 heavy (non-hydrogen) atoms. The van der Waals surface area contributed by atoms with E-state index in [4.69, 9.17) is 14.3 Å². The molecule has 0 aliphatic rings. The van der Waals surface area contributed by atoms with Crippen LogP contribution in [0.4, 0.5) is 0 Å². The lowest BCUT2D eigenvalue weighted by Gasteiger charge is -2.10. The van der Waals surface area contributed by atoms with Crippen molar-refractivity contribution in [3.8, 4) is 0 Å². The molecule has 0 spiro atoms. The molecule has 0 saturated carbocycles. The fourth-order valence-electron chi connectivity index (χ4n) is 1.25. The van der Waals surface area contributed by atoms with Crippen LogP contribution in [0.1, 0.15) is 32.6 Å². The van der Waals surface area contributed by atoms with Gasteiger partial charge in [0.05, 0.1) is 13.2 Å². The molecule has 0 N–H and O–H groups in total. The largest absolute Gasteiger partial charge is 0.462 e. The lowest BCUT2D eigenvalue weighted by Crippen LogP contribution is -2.13. The molecule has 5 heteroatoms. The van der Waals surface area contributed by atoms with E-state index in [2.05, 4.69) is 6.58 Å². The average molecular weight is 273 g/mol. The molecule has 0 unspecified atom stereocenters. The van der Waals surface area contributed by atoms with Crippen LogP contribution in [0, 0.1) is 0 Å². The van der Waals surface area contributed by atoms with E-state index in [1.807, 2.05) is 14.1 Å². The van der Waals surface area contributed by atoms with Gasteiger partial charge in [0.2, 0.25) is 0 Å². The number of unbranched alkanes of at least 4 members (excludes halogenated alkanes) is 2. The number of carbonyl (C=O) groups excluding carboxylic acids is 1. The van der Waals surface area contributed by atoms with Crippen LogP contribution in [-0.4, -0.2) is 51.6 Å². The van der Waals surface area contributed by atoms with E-state index in [1.54, 1.807) is 12.0 Å². The smallest absolute Gasteiger partial charge is 0.333 e. The molecule has 0 aliphatic carbocycles. The van der Waals surface area contributed by atoms with Crippen LogP contribution in [-0.2, 0) is 19.1 Å². The van der Waals surface area contributed by atoms with Gasteiger partial charge in [-0.15, -0.1) is 0 Å². The van der Waals surface area contributed by atoms with E-state index in [-0.39, 0.29) is 5.97 Å². The third-order valence-corrected chi connectivity index (χ3v) is 2.30. The number of hydrogen-bond donors (Lipinski definition) is 0. The monoisotopic (exact) mass is 273 g/mol. The van der Waals surface area contributed by atoms with Crippen LogP contribution in [0.15, 0.2) is 12.2 Å². The maximum atomic E-state index is 11.1. The van der Waals surface area contributed by atoms with Gasteiger partial charge in [-0.2, -0.15) is 5.06 Å². The van der Waals surface area contributed by atoms with E-state index in [9.17, 15) is 4.79 Å². The molecular weight excluding hydrogens is 246 g/mol. The van der Waals surface area contributed by atoms with Crippen molar-refractivity contribution in [2.24, 2.45) is 0 Å². The quantitative estimate of drug-likeness (QED) is 0.236. The predicted octanol–water partition coefficient (Wildman–Crippen LogP) is 2.18. The molecule has 0 rings (SSSR count). The maximum Gasteiger partial charge on any atom is 0.333 e. The first kappa shape index (κ1) is 18.1. The normalized spacial score (nSPS) is 10.7. The highest BCUT2D eigenvalue weighted by Crippen LogP contribution is 1.98. The maximum absolute atomic E-state index is 11.1. The van der Waals surface area contributed by atoms with Crippen LogP contribution in [0.25, 0.3) is 0 Å². The summed E-state index contributed by atoms with van der Waals surface area (Å²) in [5.74, 6) is -0.318. The zero-order valence-corrected chi connectivity index (χ0v) is 12.4. The third-order valence-electron chi connectivity index (χ3n) is 2.30. The summed E-state index contributed by atoms with van der Waals surface area (Å²) in [6.07, 6.45) is 3.72. The van der Waals surface area contributed by atoms with Gasteiger partial charge in [0, 0.05) is 32.9 Å². The summed E-state index contributed by atoms with van der Waals surface area (Å²) in [6.45, 7) is 7.79. The van der Waals surface area contributed by atoms with Gasteiger partial charge < -0.3 is 9.47 Å². The van der Waals surface area contributed by atoms with Crippen molar-refractivity contribution in [3.63, 3.8) is 0 Å². The van der Waals surface area contributed by atoms with Crippen LogP contribution in [0.5, 0.6) is 0 Å². The number of ether oxygens (including phenoxy) is 2. The van der Waals surface area contributed by atoms with Crippen LogP contribution < -0.4 is 0 Å². The van der Waals surface area contributed by atoms with Crippen molar-refractivity contribution < 1.29 is 19.1 Å². The molecule has 5 nitrogen and oxygen atoms in total. The fourth-order valence-corrected chi connectivity index (χ4v) is 1.25. The van der Waals surface area contributed by atoms with Crippen molar-refractivity contribution in [3.05, 3.63) is 12.2 Å². The summed E-state index contributed by atoms with van der Waals surface area (Å²) in [6, 6.07) is 0. The molecule has 112 valence electrons. The molecule has 0 radical (unpaired) electrons. The lowest BCUT2D eigenvalue weighted by molar-refractivity contribution is -0.139. The minimum atomic E-state index is -0.318. The minimum Gasteiger partial charge on any atom is -0.462 e. The van der Waals surface area contributed by atoms with E-state index in [0.717, 1.165) is 38.9 Å². The Morgan fingerprint density at radius 2 is 1.53 bits per heavy atom. The molecule has 0 aliphatic heterocycles. The number of hydroxylamine groups is 2. The summed E-state index contributed by atoms with van der Waals surface area (Å²) in [7, 11) is 3.74. The van der Waals surface area contributed by atoms with E-state index in [1.165, 1.54) is 0 Å². The zero-order valence-electron chi connectivity index (χ0n) is 12.4. The molecule has 0 heterocycles. The van der Waals surface area contributed by atoms with Crippen molar-refractivity contribution in [2.45, 2.75) is 32.6 Å². The van der Waals surface area contributed by atoms with Crippen molar-refractivity contribution >= 4 is 5.97 Å². The Balaban J connectivity index is 3.11. The molecule has 0 aromatic heterocycles. The SMILES string of the molecule is C=C(C)C(=O)OCCCCOCCCCON(C)C. The van der Waals surface area contributed by atoms with E-state index >= 15 is 0 Å². The van der Waals surface area contributed by atoms with E-state index < -0.39 is 0 Å². The minimum absolute atomic E-state index is 0.318. The fraction of sp³-hybridized carbons (Fsp3) is 0.786. The molecule has 0 aromatic rings. The van der Waals surface area contributed by atoms with Gasteiger partial charge in [0.25, 0.3) is 0 Å². The highest BCUT2D eigenvalue weighted by Gasteiger charge is 2.01. The molecule has 0 fully saturated rings. The van der Waals surface area contributed by atoms with Gasteiger partial charge in [-0.3, -0.25) is 4.84 Å². The van der Waals surface area contributed by atoms with Gasteiger partial charge in [-0.1, -0.05) is 6.58 Å².